The van der Waals surface area contributed by atoms with E-state index in [0.29, 0.717) is 23.2 Å². The average Bonchev–Trinajstić information content (AvgIpc) is 3.17. The van der Waals surface area contributed by atoms with Gasteiger partial charge in [0.15, 0.2) is 11.6 Å². The minimum atomic E-state index is 0.228. The second-order valence-corrected chi connectivity index (χ2v) is 4.90. The molecular weight excluding hydrogens is 280 g/mol. The number of aryl methyl sites for hydroxylation is 1. The Kier molecular flexibility index (Phi) is 2.65. The molecule has 2 N–H and O–H groups in total. The Balaban J connectivity index is 1.87. The van der Waals surface area contributed by atoms with Crippen molar-refractivity contribution in [2.75, 3.05) is 5.73 Å². The van der Waals surface area contributed by atoms with E-state index in [1.807, 2.05) is 31.2 Å². The first-order valence-corrected chi connectivity index (χ1v) is 6.72. The second-order valence-electron chi connectivity index (χ2n) is 4.90. The zero-order valence-corrected chi connectivity index (χ0v) is 11.8. The molecule has 108 valence electrons. The van der Waals surface area contributed by atoms with Gasteiger partial charge >= 0.3 is 0 Å². The van der Waals surface area contributed by atoms with Crippen LogP contribution < -0.4 is 5.73 Å². The molecule has 0 aliphatic rings. The fourth-order valence-corrected chi connectivity index (χ4v) is 2.15. The van der Waals surface area contributed by atoms with Crippen molar-refractivity contribution < 1.29 is 4.42 Å². The van der Waals surface area contributed by atoms with Crippen molar-refractivity contribution in [1.82, 2.24) is 24.6 Å². The Morgan fingerprint density at radius 3 is 2.50 bits per heavy atom. The lowest BCUT2D eigenvalue weighted by Crippen LogP contribution is -2.05. The maximum atomic E-state index is 5.97. The number of anilines is 1. The van der Waals surface area contributed by atoms with Gasteiger partial charge in [-0.05, 0) is 19.1 Å². The van der Waals surface area contributed by atoms with Gasteiger partial charge in [-0.25, -0.2) is 0 Å². The van der Waals surface area contributed by atoms with Crippen LogP contribution in [0.1, 0.15) is 5.56 Å². The van der Waals surface area contributed by atoms with E-state index < -0.39 is 0 Å². The Morgan fingerprint density at radius 2 is 1.77 bits per heavy atom. The third-order valence-electron chi connectivity index (χ3n) is 3.28. The summed E-state index contributed by atoms with van der Waals surface area (Å²) in [6.45, 7) is 2.02. The van der Waals surface area contributed by atoms with Crippen LogP contribution in [0.25, 0.3) is 28.8 Å². The van der Waals surface area contributed by atoms with Gasteiger partial charge in [-0.15, -0.1) is 5.10 Å². The standard InChI is InChI=1S/C15H12N6O/c1-9-4-6-10(7-5-9)12-17-14(16)21-15(18-12)19-13(20-21)11-3-2-8-22-11/h2-8H,1H3,(H2,16,17,18,19,20). The summed E-state index contributed by atoms with van der Waals surface area (Å²) < 4.78 is 6.69. The summed E-state index contributed by atoms with van der Waals surface area (Å²) in [5.41, 5.74) is 8.01. The van der Waals surface area contributed by atoms with Crippen LogP contribution in [0.5, 0.6) is 0 Å². The number of nitrogens with zero attached hydrogens (tertiary/aromatic N) is 5. The molecule has 0 aliphatic carbocycles. The number of nitrogen functional groups attached to an aromatic ring is 1. The number of fused-ring (bicyclic) bond motifs is 1. The van der Waals surface area contributed by atoms with Gasteiger partial charge in [-0.2, -0.15) is 19.5 Å². The Morgan fingerprint density at radius 1 is 1.00 bits per heavy atom. The fraction of sp³-hybridized carbons (Fsp3) is 0.0667. The molecule has 0 saturated carbocycles. The Labute approximate surface area is 125 Å². The summed E-state index contributed by atoms with van der Waals surface area (Å²) in [5, 5.41) is 4.27. The molecule has 0 saturated heterocycles. The summed E-state index contributed by atoms with van der Waals surface area (Å²) in [5.74, 6) is 2.11. The Bertz CT molecular complexity index is 940. The highest BCUT2D eigenvalue weighted by molar-refractivity contribution is 5.60. The molecule has 4 aromatic rings. The smallest absolute Gasteiger partial charge is 0.258 e. The van der Waals surface area contributed by atoms with Crippen LogP contribution in [-0.2, 0) is 0 Å². The van der Waals surface area contributed by atoms with Crippen molar-refractivity contribution >= 4 is 11.7 Å². The zero-order chi connectivity index (χ0) is 15.1. The minimum absolute atomic E-state index is 0.228. The van der Waals surface area contributed by atoms with Gasteiger partial charge in [0.1, 0.15) is 0 Å². The first-order chi connectivity index (χ1) is 10.7. The van der Waals surface area contributed by atoms with Gasteiger partial charge in [0.25, 0.3) is 5.78 Å². The van der Waals surface area contributed by atoms with Crippen molar-refractivity contribution in [3.63, 3.8) is 0 Å². The highest BCUT2D eigenvalue weighted by Crippen LogP contribution is 2.20. The number of furan rings is 1. The molecule has 0 radical (unpaired) electrons. The molecule has 0 unspecified atom stereocenters. The van der Waals surface area contributed by atoms with E-state index in [1.165, 1.54) is 10.1 Å². The van der Waals surface area contributed by atoms with Crippen molar-refractivity contribution in [1.29, 1.82) is 0 Å². The summed E-state index contributed by atoms with van der Waals surface area (Å²) in [7, 11) is 0. The monoisotopic (exact) mass is 292 g/mol. The summed E-state index contributed by atoms with van der Waals surface area (Å²) in [6, 6.07) is 11.4. The van der Waals surface area contributed by atoms with Gasteiger partial charge in [-0.1, -0.05) is 29.8 Å². The highest BCUT2D eigenvalue weighted by Gasteiger charge is 2.14. The number of benzene rings is 1. The van der Waals surface area contributed by atoms with Crippen LogP contribution in [0.15, 0.2) is 47.1 Å². The topological polar surface area (TPSA) is 95.1 Å². The fourth-order valence-electron chi connectivity index (χ4n) is 2.15. The van der Waals surface area contributed by atoms with Crippen LogP contribution in [0.3, 0.4) is 0 Å². The van der Waals surface area contributed by atoms with Crippen LogP contribution >= 0.6 is 0 Å². The van der Waals surface area contributed by atoms with Crippen LogP contribution in [-0.4, -0.2) is 24.6 Å². The normalized spacial score (nSPS) is 11.1. The maximum absolute atomic E-state index is 5.97. The summed E-state index contributed by atoms with van der Waals surface area (Å²) in [6.07, 6.45) is 1.56. The second kappa shape index (κ2) is 4.66. The minimum Gasteiger partial charge on any atom is -0.461 e. The number of hydrogen-bond acceptors (Lipinski definition) is 6. The summed E-state index contributed by atoms with van der Waals surface area (Å²) >= 11 is 0. The largest absolute Gasteiger partial charge is 0.461 e. The van der Waals surface area contributed by atoms with Gasteiger partial charge < -0.3 is 10.2 Å². The molecular formula is C15H12N6O. The third-order valence-corrected chi connectivity index (χ3v) is 3.28. The molecule has 0 amide bonds. The van der Waals surface area contributed by atoms with Crippen LogP contribution in [0.4, 0.5) is 5.95 Å². The molecule has 3 aromatic heterocycles. The first kappa shape index (κ1) is 12.5. The summed E-state index contributed by atoms with van der Waals surface area (Å²) in [4.78, 5) is 13.1. The quantitative estimate of drug-likeness (QED) is 0.609. The lowest BCUT2D eigenvalue weighted by atomic mass is 10.1. The average molecular weight is 292 g/mol. The zero-order valence-electron chi connectivity index (χ0n) is 11.8. The van der Waals surface area contributed by atoms with Gasteiger partial charge in [0.05, 0.1) is 6.26 Å². The van der Waals surface area contributed by atoms with E-state index in [1.54, 1.807) is 18.4 Å². The van der Waals surface area contributed by atoms with Gasteiger partial charge in [0, 0.05) is 5.56 Å². The highest BCUT2D eigenvalue weighted by atomic mass is 16.3. The van der Waals surface area contributed by atoms with Crippen molar-refractivity contribution in [3.8, 4) is 23.0 Å². The molecule has 4 rings (SSSR count). The van der Waals surface area contributed by atoms with Gasteiger partial charge in [-0.3, -0.25) is 0 Å². The number of hydrogen-bond donors (Lipinski definition) is 1. The number of nitrogens with two attached hydrogens (primary N) is 1. The van der Waals surface area contributed by atoms with Crippen molar-refractivity contribution in [3.05, 3.63) is 48.2 Å². The van der Waals surface area contributed by atoms with Crippen LogP contribution in [0.2, 0.25) is 0 Å². The number of rotatable bonds is 2. The van der Waals surface area contributed by atoms with E-state index in [2.05, 4.69) is 20.1 Å². The van der Waals surface area contributed by atoms with E-state index in [0.717, 1.165) is 5.56 Å². The lowest BCUT2D eigenvalue weighted by Gasteiger charge is -2.02. The van der Waals surface area contributed by atoms with E-state index in [4.69, 9.17) is 10.2 Å². The third kappa shape index (κ3) is 1.99. The van der Waals surface area contributed by atoms with Crippen molar-refractivity contribution in [2.24, 2.45) is 0 Å². The van der Waals surface area contributed by atoms with Gasteiger partial charge in [0.2, 0.25) is 11.8 Å². The molecule has 1 aromatic carbocycles. The SMILES string of the molecule is Cc1ccc(-c2nc(N)n3nc(-c4ccco4)nc3n2)cc1. The molecule has 0 fully saturated rings. The molecule has 22 heavy (non-hydrogen) atoms. The molecule has 7 nitrogen and oxygen atoms in total. The predicted molar refractivity (Wildman–Crippen MR) is 80.9 cm³/mol. The number of aromatic nitrogens is 5. The molecule has 7 heteroatoms. The molecule has 0 aliphatic heterocycles. The molecule has 0 spiro atoms. The lowest BCUT2D eigenvalue weighted by molar-refractivity contribution is 0.577. The van der Waals surface area contributed by atoms with E-state index >= 15 is 0 Å². The molecule has 0 bridgehead atoms. The van der Waals surface area contributed by atoms with Crippen molar-refractivity contribution in [2.45, 2.75) is 6.92 Å². The van der Waals surface area contributed by atoms with E-state index in [9.17, 15) is 0 Å². The van der Waals surface area contributed by atoms with E-state index in [-0.39, 0.29) is 5.95 Å². The first-order valence-electron chi connectivity index (χ1n) is 6.72. The van der Waals surface area contributed by atoms with Crippen LogP contribution in [0, 0.1) is 6.92 Å². The molecule has 0 atom stereocenters. The maximum Gasteiger partial charge on any atom is 0.258 e. The predicted octanol–water partition coefficient (Wildman–Crippen LogP) is 2.34. The molecule has 3 heterocycles. The Hall–Kier alpha value is -3.22.